The Hall–Kier alpha value is -4.10. The summed E-state index contributed by atoms with van der Waals surface area (Å²) in [6, 6.07) is 31.3. The highest BCUT2D eigenvalue weighted by Crippen LogP contribution is 2.30. The van der Waals surface area contributed by atoms with Gasteiger partial charge in [-0.2, -0.15) is 8.42 Å². The van der Waals surface area contributed by atoms with Gasteiger partial charge in [0.15, 0.2) is 0 Å². The van der Waals surface area contributed by atoms with Gasteiger partial charge < -0.3 is 14.8 Å². The number of nitrogens with one attached hydrogen (secondary N) is 2. The third-order valence-electron chi connectivity index (χ3n) is 4.83. The van der Waals surface area contributed by atoms with E-state index in [-0.39, 0.29) is 10.6 Å². The molecule has 0 atom stereocenters. The van der Waals surface area contributed by atoms with E-state index >= 15 is 0 Å². The van der Waals surface area contributed by atoms with E-state index in [9.17, 15) is 13.2 Å². The molecule has 4 aromatic rings. The molecule has 7 heteroatoms. The first-order valence-electron chi connectivity index (χ1n) is 10.3. The van der Waals surface area contributed by atoms with Crippen molar-refractivity contribution in [3.63, 3.8) is 0 Å². The Balaban J connectivity index is 1.48. The van der Waals surface area contributed by atoms with Crippen LogP contribution in [0.4, 0.5) is 10.5 Å². The van der Waals surface area contributed by atoms with Gasteiger partial charge >= 0.3 is 16.1 Å². The van der Waals surface area contributed by atoms with Crippen LogP contribution in [0.15, 0.2) is 114 Å². The molecule has 166 valence electrons. The minimum absolute atomic E-state index is 0.0650. The molecule has 33 heavy (non-hydrogen) atoms. The Morgan fingerprint density at radius 1 is 0.758 bits per heavy atom. The SMILES string of the molecule is O=C(NCc1ccccc1)Nc1cccc(OS(=O)(=O)c2ccccc2-c2ccccc2)c1. The van der Waals surface area contributed by atoms with Crippen LogP contribution in [0.25, 0.3) is 11.1 Å². The van der Waals surface area contributed by atoms with Crippen molar-refractivity contribution in [3.05, 3.63) is 115 Å². The second kappa shape index (κ2) is 10.0. The molecule has 4 aromatic carbocycles. The molecule has 0 fully saturated rings. The normalized spacial score (nSPS) is 10.9. The first-order valence-corrected chi connectivity index (χ1v) is 11.7. The van der Waals surface area contributed by atoms with E-state index < -0.39 is 16.1 Å². The zero-order chi connectivity index (χ0) is 23.1. The summed E-state index contributed by atoms with van der Waals surface area (Å²) in [7, 11) is -4.11. The van der Waals surface area contributed by atoms with Gasteiger partial charge in [0.1, 0.15) is 10.6 Å². The van der Waals surface area contributed by atoms with E-state index in [2.05, 4.69) is 10.6 Å². The molecule has 0 aromatic heterocycles. The zero-order valence-electron chi connectivity index (χ0n) is 17.6. The zero-order valence-corrected chi connectivity index (χ0v) is 18.5. The molecule has 0 bridgehead atoms. The van der Waals surface area contributed by atoms with Crippen LogP contribution in [0.2, 0.25) is 0 Å². The smallest absolute Gasteiger partial charge is 0.339 e. The minimum atomic E-state index is -4.11. The number of hydrogen-bond donors (Lipinski definition) is 2. The number of urea groups is 1. The van der Waals surface area contributed by atoms with E-state index in [0.29, 0.717) is 17.8 Å². The Morgan fingerprint density at radius 2 is 1.42 bits per heavy atom. The van der Waals surface area contributed by atoms with Crippen molar-refractivity contribution in [1.82, 2.24) is 5.32 Å². The van der Waals surface area contributed by atoms with E-state index in [1.807, 2.05) is 60.7 Å². The van der Waals surface area contributed by atoms with Gasteiger partial charge in [0.25, 0.3) is 0 Å². The molecule has 0 radical (unpaired) electrons. The number of carbonyl (C=O) groups is 1. The Bertz CT molecular complexity index is 1340. The van der Waals surface area contributed by atoms with Crippen molar-refractivity contribution < 1.29 is 17.4 Å². The average Bonchev–Trinajstić information content (AvgIpc) is 2.84. The molecule has 0 aliphatic carbocycles. The highest BCUT2D eigenvalue weighted by molar-refractivity contribution is 7.87. The third kappa shape index (κ3) is 5.78. The molecular formula is C26H22N2O4S. The number of hydrogen-bond acceptors (Lipinski definition) is 4. The van der Waals surface area contributed by atoms with E-state index in [1.165, 1.54) is 18.2 Å². The van der Waals surface area contributed by atoms with E-state index in [4.69, 9.17) is 4.18 Å². The molecule has 0 aliphatic rings. The monoisotopic (exact) mass is 458 g/mol. The summed E-state index contributed by atoms with van der Waals surface area (Å²) >= 11 is 0. The summed E-state index contributed by atoms with van der Waals surface area (Å²) in [5.41, 5.74) is 2.69. The van der Waals surface area contributed by atoms with Crippen LogP contribution in [0.1, 0.15) is 5.56 Å². The van der Waals surface area contributed by atoms with Crippen LogP contribution in [0, 0.1) is 0 Å². The molecular weight excluding hydrogens is 436 g/mol. The maximum Gasteiger partial charge on any atom is 0.339 e. The summed E-state index contributed by atoms with van der Waals surface area (Å²) in [6.45, 7) is 0.369. The fraction of sp³-hybridized carbons (Fsp3) is 0.0385. The van der Waals surface area contributed by atoms with Gasteiger partial charge in [-0.3, -0.25) is 0 Å². The van der Waals surface area contributed by atoms with Gasteiger partial charge in [-0.1, -0.05) is 84.9 Å². The highest BCUT2D eigenvalue weighted by Gasteiger charge is 2.21. The molecule has 6 nitrogen and oxygen atoms in total. The lowest BCUT2D eigenvalue weighted by Gasteiger charge is -2.13. The van der Waals surface area contributed by atoms with Crippen molar-refractivity contribution in [1.29, 1.82) is 0 Å². The summed E-state index contributed by atoms with van der Waals surface area (Å²) < 4.78 is 31.5. The average molecular weight is 459 g/mol. The van der Waals surface area contributed by atoms with Crippen molar-refractivity contribution >= 4 is 21.8 Å². The van der Waals surface area contributed by atoms with Gasteiger partial charge in [-0.25, -0.2) is 4.79 Å². The summed E-state index contributed by atoms with van der Waals surface area (Å²) in [4.78, 5) is 12.3. The minimum Gasteiger partial charge on any atom is -0.379 e. The van der Waals surface area contributed by atoms with Crippen molar-refractivity contribution in [2.45, 2.75) is 11.4 Å². The van der Waals surface area contributed by atoms with Crippen LogP contribution < -0.4 is 14.8 Å². The summed E-state index contributed by atoms with van der Waals surface area (Å²) in [5, 5.41) is 5.45. The van der Waals surface area contributed by atoms with Crippen LogP contribution in [-0.4, -0.2) is 14.4 Å². The van der Waals surface area contributed by atoms with Crippen molar-refractivity contribution in [2.75, 3.05) is 5.32 Å². The fourth-order valence-electron chi connectivity index (χ4n) is 3.29. The van der Waals surface area contributed by atoms with Gasteiger partial charge in [0.2, 0.25) is 0 Å². The summed E-state index contributed by atoms with van der Waals surface area (Å²) in [5.74, 6) is 0.0960. The number of amides is 2. The van der Waals surface area contributed by atoms with E-state index in [0.717, 1.165) is 11.1 Å². The molecule has 4 rings (SSSR count). The standard InChI is InChI=1S/C26H22N2O4S/c29-26(27-19-20-10-3-1-4-11-20)28-22-14-9-15-23(18-22)32-33(30,31)25-17-8-7-16-24(25)21-12-5-2-6-13-21/h1-18H,19H2,(H2,27,28,29). The largest absolute Gasteiger partial charge is 0.379 e. The van der Waals surface area contributed by atoms with Gasteiger partial charge in [0.05, 0.1) is 0 Å². The lowest BCUT2D eigenvalue weighted by Crippen LogP contribution is -2.28. The molecule has 0 spiro atoms. The lowest BCUT2D eigenvalue weighted by molar-refractivity contribution is 0.251. The topological polar surface area (TPSA) is 84.5 Å². The second-order valence-electron chi connectivity index (χ2n) is 7.22. The number of rotatable bonds is 7. The second-order valence-corrected chi connectivity index (χ2v) is 8.74. The van der Waals surface area contributed by atoms with Crippen molar-refractivity contribution in [2.24, 2.45) is 0 Å². The van der Waals surface area contributed by atoms with E-state index in [1.54, 1.807) is 30.3 Å². The number of anilines is 1. The molecule has 0 heterocycles. The van der Waals surface area contributed by atoms with Gasteiger partial charge in [-0.05, 0) is 29.3 Å². The first-order chi connectivity index (χ1) is 16.0. The predicted molar refractivity (Wildman–Crippen MR) is 128 cm³/mol. The first kappa shape index (κ1) is 22.1. The van der Waals surface area contributed by atoms with Gasteiger partial charge in [0, 0.05) is 23.9 Å². The lowest BCUT2D eigenvalue weighted by atomic mass is 10.1. The maximum absolute atomic E-state index is 13.1. The fourth-order valence-corrected chi connectivity index (χ4v) is 4.44. The maximum atomic E-state index is 13.1. The van der Waals surface area contributed by atoms with Crippen LogP contribution in [0.5, 0.6) is 5.75 Å². The Morgan fingerprint density at radius 3 is 2.18 bits per heavy atom. The van der Waals surface area contributed by atoms with Crippen molar-refractivity contribution in [3.8, 4) is 16.9 Å². The molecule has 0 unspecified atom stereocenters. The van der Waals surface area contributed by atoms with Crippen LogP contribution in [0.3, 0.4) is 0 Å². The molecule has 0 saturated heterocycles. The van der Waals surface area contributed by atoms with Crippen LogP contribution >= 0.6 is 0 Å². The number of carbonyl (C=O) groups excluding carboxylic acids is 1. The third-order valence-corrected chi connectivity index (χ3v) is 6.14. The molecule has 2 amide bonds. The molecule has 0 aliphatic heterocycles. The predicted octanol–water partition coefficient (Wildman–Crippen LogP) is 5.44. The van der Waals surface area contributed by atoms with Crippen LogP contribution in [-0.2, 0) is 16.7 Å². The Labute approximate surface area is 193 Å². The molecule has 2 N–H and O–H groups in total. The Kier molecular flexibility index (Phi) is 6.71. The highest BCUT2D eigenvalue weighted by atomic mass is 32.2. The molecule has 0 saturated carbocycles. The quantitative estimate of drug-likeness (QED) is 0.361. The number of benzene rings is 4. The van der Waals surface area contributed by atoms with Gasteiger partial charge in [-0.15, -0.1) is 0 Å². The summed E-state index contributed by atoms with van der Waals surface area (Å²) in [6.07, 6.45) is 0.